The summed E-state index contributed by atoms with van der Waals surface area (Å²) in [6, 6.07) is 22.0. The van der Waals surface area contributed by atoms with E-state index in [4.69, 9.17) is 0 Å². The largest absolute Gasteiger partial charge is 0.137 e. The first-order chi connectivity index (χ1) is 10.8. The smallest absolute Gasteiger partial charge is 0.0917 e. The summed E-state index contributed by atoms with van der Waals surface area (Å²) in [6.07, 6.45) is 8.99. The first-order valence-corrected chi connectivity index (χ1v) is 11.1. The minimum atomic E-state index is -1.75. The highest BCUT2D eigenvalue weighted by atomic mass is 28.3. The summed E-state index contributed by atoms with van der Waals surface area (Å²) in [6.45, 7) is 4.73. The fourth-order valence-electron chi connectivity index (χ4n) is 2.94. The minimum absolute atomic E-state index is 1.21. The van der Waals surface area contributed by atoms with Crippen LogP contribution in [0.2, 0.25) is 6.55 Å². The summed E-state index contributed by atoms with van der Waals surface area (Å²) in [4.78, 5) is 0. The van der Waals surface area contributed by atoms with Crippen LogP contribution in [0.3, 0.4) is 0 Å². The van der Waals surface area contributed by atoms with Crippen LogP contribution in [0, 0.1) is 0 Å². The minimum Gasteiger partial charge on any atom is -0.0917 e. The predicted molar refractivity (Wildman–Crippen MR) is 102 cm³/mol. The van der Waals surface area contributed by atoms with E-state index < -0.39 is 8.07 Å². The molecule has 0 spiro atoms. The van der Waals surface area contributed by atoms with Crippen molar-refractivity contribution in [2.75, 3.05) is 0 Å². The molecule has 0 saturated heterocycles. The lowest BCUT2D eigenvalue weighted by Crippen LogP contribution is -2.54. The molecule has 2 rings (SSSR count). The van der Waals surface area contributed by atoms with Gasteiger partial charge in [-0.2, -0.15) is 0 Å². The van der Waals surface area contributed by atoms with Crippen molar-refractivity contribution >= 4 is 18.4 Å². The highest BCUT2D eigenvalue weighted by Gasteiger charge is 2.28. The summed E-state index contributed by atoms with van der Waals surface area (Å²) in [5.41, 5.74) is 2.53. The molecule has 0 aromatic heterocycles. The second kappa shape index (κ2) is 8.75. The summed E-state index contributed by atoms with van der Waals surface area (Å²) in [5.74, 6) is 0. The predicted octanol–water partition coefficient (Wildman–Crippen LogP) is 4.95. The lowest BCUT2D eigenvalue weighted by atomic mass is 10.2. The van der Waals surface area contributed by atoms with E-state index in [-0.39, 0.29) is 0 Å². The van der Waals surface area contributed by atoms with E-state index in [1.807, 2.05) is 0 Å². The third-order valence-corrected chi connectivity index (χ3v) is 8.39. The normalized spacial score (nSPS) is 11.9. The van der Waals surface area contributed by atoms with Crippen LogP contribution < -0.4 is 10.4 Å². The van der Waals surface area contributed by atoms with E-state index in [0.29, 0.717) is 0 Å². The molecule has 0 radical (unpaired) electrons. The highest BCUT2D eigenvalue weighted by molar-refractivity contribution is 7.05. The standard InChI is InChI=1S/C21H28Si/c1-3-4-5-6-7-14-19-22(2,20-15-10-8-11-16-20)21-17-12-9-13-18-21/h8-19H,3-7H2,1-2H3/b19-14+. The summed E-state index contributed by atoms with van der Waals surface area (Å²) in [5, 5.41) is 2.98. The maximum absolute atomic E-state index is 2.53. The molecule has 0 heterocycles. The lowest BCUT2D eigenvalue weighted by Gasteiger charge is -2.25. The third kappa shape index (κ3) is 4.44. The summed E-state index contributed by atoms with van der Waals surface area (Å²) < 4.78 is 0. The fraction of sp³-hybridized carbons (Fsp3) is 0.333. The van der Waals surface area contributed by atoms with E-state index in [9.17, 15) is 0 Å². The molecular formula is C21H28Si. The van der Waals surface area contributed by atoms with Gasteiger partial charge in [-0.25, -0.2) is 0 Å². The number of unbranched alkanes of at least 4 members (excludes halogenated alkanes) is 4. The first kappa shape index (κ1) is 16.8. The quantitative estimate of drug-likeness (QED) is 0.478. The van der Waals surface area contributed by atoms with Crippen LogP contribution in [0.4, 0.5) is 0 Å². The third-order valence-electron chi connectivity index (χ3n) is 4.42. The van der Waals surface area contributed by atoms with Crippen LogP contribution in [0.1, 0.15) is 39.0 Å². The fourth-order valence-corrected chi connectivity index (χ4v) is 6.06. The van der Waals surface area contributed by atoms with Gasteiger partial charge in [-0.1, -0.05) is 116 Å². The van der Waals surface area contributed by atoms with Gasteiger partial charge in [0.15, 0.2) is 0 Å². The zero-order valence-corrected chi connectivity index (χ0v) is 15.0. The van der Waals surface area contributed by atoms with Crippen molar-refractivity contribution < 1.29 is 0 Å². The molecule has 2 aromatic carbocycles. The van der Waals surface area contributed by atoms with Crippen LogP contribution in [0.25, 0.3) is 0 Å². The van der Waals surface area contributed by atoms with Gasteiger partial charge in [-0.05, 0) is 12.8 Å². The maximum atomic E-state index is 2.53. The first-order valence-electron chi connectivity index (χ1n) is 8.56. The SMILES string of the molecule is CCCCCC/C=C/[Si](C)(c1ccccc1)c1ccccc1. The van der Waals surface area contributed by atoms with Crippen molar-refractivity contribution in [1.82, 2.24) is 0 Å². The van der Waals surface area contributed by atoms with Crippen molar-refractivity contribution in [3.8, 4) is 0 Å². The molecule has 0 atom stereocenters. The van der Waals surface area contributed by atoms with E-state index >= 15 is 0 Å². The topological polar surface area (TPSA) is 0 Å². The molecule has 0 saturated carbocycles. The van der Waals surface area contributed by atoms with Crippen LogP contribution in [-0.2, 0) is 0 Å². The van der Waals surface area contributed by atoms with E-state index in [0.717, 1.165) is 0 Å². The van der Waals surface area contributed by atoms with Crippen LogP contribution in [0.15, 0.2) is 72.4 Å². The molecule has 1 heteroatoms. The monoisotopic (exact) mass is 308 g/mol. The second-order valence-electron chi connectivity index (χ2n) is 6.19. The molecule has 0 fully saturated rings. The highest BCUT2D eigenvalue weighted by Crippen LogP contribution is 2.10. The Morgan fingerprint density at radius 2 is 1.32 bits per heavy atom. The van der Waals surface area contributed by atoms with Crippen molar-refractivity contribution in [2.45, 2.75) is 45.6 Å². The van der Waals surface area contributed by atoms with E-state index in [1.165, 1.54) is 42.5 Å². The molecule has 0 N–H and O–H groups in total. The van der Waals surface area contributed by atoms with Crippen LogP contribution >= 0.6 is 0 Å². The number of rotatable bonds is 8. The number of allylic oxidation sites excluding steroid dienone is 1. The van der Waals surface area contributed by atoms with Crippen LogP contribution in [0.5, 0.6) is 0 Å². The molecule has 0 aliphatic carbocycles. The Kier molecular flexibility index (Phi) is 6.66. The molecule has 2 aromatic rings. The van der Waals surface area contributed by atoms with Crippen molar-refractivity contribution in [1.29, 1.82) is 0 Å². The maximum Gasteiger partial charge on any atom is 0.137 e. The molecule has 0 unspecified atom stereocenters. The van der Waals surface area contributed by atoms with Gasteiger partial charge in [0.2, 0.25) is 0 Å². The van der Waals surface area contributed by atoms with E-state index in [1.54, 1.807) is 0 Å². The summed E-state index contributed by atoms with van der Waals surface area (Å²) in [7, 11) is -1.75. The molecular weight excluding hydrogens is 280 g/mol. The average molecular weight is 309 g/mol. The second-order valence-corrected chi connectivity index (χ2v) is 10.1. The van der Waals surface area contributed by atoms with Crippen molar-refractivity contribution in [2.24, 2.45) is 0 Å². The zero-order valence-electron chi connectivity index (χ0n) is 14.0. The van der Waals surface area contributed by atoms with Crippen molar-refractivity contribution in [3.05, 3.63) is 72.4 Å². The van der Waals surface area contributed by atoms with Gasteiger partial charge >= 0.3 is 0 Å². The van der Waals surface area contributed by atoms with Gasteiger partial charge in [0.25, 0.3) is 0 Å². The van der Waals surface area contributed by atoms with Gasteiger partial charge in [0.1, 0.15) is 8.07 Å². The van der Waals surface area contributed by atoms with Crippen LogP contribution in [-0.4, -0.2) is 8.07 Å². The van der Waals surface area contributed by atoms with Gasteiger partial charge in [-0.15, -0.1) is 0 Å². The molecule has 0 aliphatic heterocycles. The number of hydrogen-bond donors (Lipinski definition) is 0. The van der Waals surface area contributed by atoms with Gasteiger partial charge < -0.3 is 0 Å². The van der Waals surface area contributed by atoms with E-state index in [2.05, 4.69) is 85.9 Å². The Morgan fingerprint density at radius 1 is 0.773 bits per heavy atom. The average Bonchev–Trinajstić information content (AvgIpc) is 2.59. The zero-order chi connectivity index (χ0) is 15.7. The number of hydrogen-bond acceptors (Lipinski definition) is 0. The lowest BCUT2D eigenvalue weighted by molar-refractivity contribution is 0.674. The molecule has 116 valence electrons. The number of benzene rings is 2. The van der Waals surface area contributed by atoms with Gasteiger partial charge in [0, 0.05) is 0 Å². The summed E-state index contributed by atoms with van der Waals surface area (Å²) >= 11 is 0. The molecule has 0 nitrogen and oxygen atoms in total. The molecule has 22 heavy (non-hydrogen) atoms. The van der Waals surface area contributed by atoms with Gasteiger partial charge in [0.05, 0.1) is 0 Å². The van der Waals surface area contributed by atoms with Gasteiger partial charge in [-0.3, -0.25) is 0 Å². The molecule has 0 aliphatic rings. The Labute approximate surface area is 136 Å². The Morgan fingerprint density at radius 3 is 1.82 bits per heavy atom. The molecule has 0 amide bonds. The Hall–Kier alpha value is -1.60. The van der Waals surface area contributed by atoms with Crippen molar-refractivity contribution in [3.63, 3.8) is 0 Å². The Balaban J connectivity index is 2.18. The Bertz CT molecular complexity index is 517. The molecule has 0 bridgehead atoms.